The van der Waals surface area contributed by atoms with Crippen LogP contribution in [0.4, 0.5) is 16.2 Å². The van der Waals surface area contributed by atoms with Gasteiger partial charge in [-0.25, -0.2) is 9.69 Å². The van der Waals surface area contributed by atoms with E-state index in [2.05, 4.69) is 32.9 Å². The van der Waals surface area contributed by atoms with Crippen LogP contribution in [0.25, 0.3) is 0 Å². The maximum atomic E-state index is 12.7. The highest BCUT2D eigenvalue weighted by Gasteiger charge is 2.40. The summed E-state index contributed by atoms with van der Waals surface area (Å²) in [4.78, 5) is 42.1. The quantitative estimate of drug-likeness (QED) is 0.429. The van der Waals surface area contributed by atoms with Gasteiger partial charge in [0.15, 0.2) is 5.92 Å². The molecular formula is C18H14IN3O4. The predicted octanol–water partition coefficient (Wildman–Crippen LogP) is 2.90. The molecule has 0 unspecified atom stereocenters. The highest BCUT2D eigenvalue weighted by Crippen LogP contribution is 2.23. The summed E-state index contributed by atoms with van der Waals surface area (Å²) in [5, 5.41) is 2.19. The fourth-order valence-corrected chi connectivity index (χ4v) is 2.94. The number of amides is 4. The molecule has 3 rings (SSSR count). The molecule has 0 aliphatic carbocycles. The van der Waals surface area contributed by atoms with E-state index >= 15 is 0 Å². The number of imide groups is 2. The van der Waals surface area contributed by atoms with Crippen molar-refractivity contribution in [3.63, 3.8) is 0 Å². The van der Waals surface area contributed by atoms with Gasteiger partial charge >= 0.3 is 6.03 Å². The van der Waals surface area contributed by atoms with Crippen LogP contribution >= 0.6 is 22.6 Å². The van der Waals surface area contributed by atoms with Gasteiger partial charge in [-0.1, -0.05) is 6.07 Å². The van der Waals surface area contributed by atoms with Gasteiger partial charge in [0.2, 0.25) is 5.91 Å². The number of rotatable bonds is 4. The number of ether oxygens (including phenoxy) is 1. The van der Waals surface area contributed by atoms with Crippen molar-refractivity contribution in [1.82, 2.24) is 5.32 Å². The average Bonchev–Trinajstić information content (AvgIpc) is 2.62. The second-order valence-corrected chi connectivity index (χ2v) is 6.65. The molecule has 0 bridgehead atoms. The Balaban J connectivity index is 1.87. The number of benzene rings is 2. The molecule has 7 nitrogen and oxygen atoms in total. The lowest BCUT2D eigenvalue weighted by atomic mass is 10.1. The molecule has 0 radical (unpaired) electrons. The molecule has 1 saturated heterocycles. The summed E-state index contributed by atoms with van der Waals surface area (Å²) in [5.74, 6) is -1.95. The predicted molar refractivity (Wildman–Crippen MR) is 105 cm³/mol. The summed E-state index contributed by atoms with van der Waals surface area (Å²) < 4.78 is 6.04. The lowest BCUT2D eigenvalue weighted by molar-refractivity contribution is -0.131. The van der Waals surface area contributed by atoms with Crippen LogP contribution in [0.3, 0.4) is 0 Å². The Kier molecular flexibility index (Phi) is 5.31. The number of nitrogens with zero attached hydrogens (tertiary/aromatic N) is 2. The normalized spacial score (nSPS) is 17.5. The highest BCUT2D eigenvalue weighted by molar-refractivity contribution is 14.1. The molecule has 1 atom stereocenters. The van der Waals surface area contributed by atoms with Gasteiger partial charge in [-0.05, 0) is 65.1 Å². The second-order valence-electron chi connectivity index (χ2n) is 5.40. The number of hydrogen-bond acceptors (Lipinski definition) is 5. The van der Waals surface area contributed by atoms with Crippen LogP contribution in [0.1, 0.15) is 0 Å². The summed E-state index contributed by atoms with van der Waals surface area (Å²) in [7, 11) is 1.52. The number of barbiturate groups is 1. The van der Waals surface area contributed by atoms with Gasteiger partial charge in [0.05, 0.1) is 18.5 Å². The SMILES string of the molecule is COc1ccc(N2C(=O)NC(=O)[C@@H](C=Nc3cccc(I)c3)C2=O)cc1. The molecule has 2 aromatic carbocycles. The molecule has 0 spiro atoms. The van der Waals surface area contributed by atoms with Crippen molar-refractivity contribution in [1.29, 1.82) is 0 Å². The van der Waals surface area contributed by atoms with Crippen molar-refractivity contribution in [3.05, 3.63) is 52.1 Å². The molecule has 0 saturated carbocycles. The van der Waals surface area contributed by atoms with Crippen molar-refractivity contribution in [2.24, 2.45) is 10.9 Å². The molecule has 8 heteroatoms. The van der Waals surface area contributed by atoms with Gasteiger partial charge in [-0.15, -0.1) is 0 Å². The minimum atomic E-state index is -1.19. The van der Waals surface area contributed by atoms with E-state index in [9.17, 15) is 14.4 Å². The molecule has 1 heterocycles. The largest absolute Gasteiger partial charge is 0.497 e. The standard InChI is InChI=1S/C18H14IN3O4/c1-26-14-7-5-13(6-8-14)22-17(24)15(16(23)21-18(22)25)10-20-12-4-2-3-11(19)9-12/h2-10,15H,1H3,(H,21,23,25)/t15-/m1/s1. The second kappa shape index (κ2) is 7.65. The monoisotopic (exact) mass is 463 g/mol. The minimum absolute atomic E-state index is 0.341. The van der Waals surface area contributed by atoms with Crippen molar-refractivity contribution in [2.75, 3.05) is 12.0 Å². The molecule has 2 aromatic rings. The van der Waals surface area contributed by atoms with Gasteiger partial charge in [0, 0.05) is 9.78 Å². The third-order valence-corrected chi connectivity index (χ3v) is 4.38. The van der Waals surface area contributed by atoms with Crippen molar-refractivity contribution in [3.8, 4) is 5.75 Å². The Morgan fingerprint density at radius 1 is 1.15 bits per heavy atom. The van der Waals surface area contributed by atoms with E-state index in [0.29, 0.717) is 17.1 Å². The number of halogens is 1. The Morgan fingerprint density at radius 2 is 1.88 bits per heavy atom. The van der Waals surface area contributed by atoms with E-state index in [1.165, 1.54) is 13.3 Å². The number of methoxy groups -OCH3 is 1. The van der Waals surface area contributed by atoms with Gasteiger partial charge in [-0.2, -0.15) is 0 Å². The van der Waals surface area contributed by atoms with Crippen LogP contribution in [0.2, 0.25) is 0 Å². The van der Waals surface area contributed by atoms with E-state index < -0.39 is 23.8 Å². The van der Waals surface area contributed by atoms with Crippen LogP contribution in [-0.4, -0.2) is 31.2 Å². The fraction of sp³-hybridized carbons (Fsp3) is 0.111. The molecule has 1 N–H and O–H groups in total. The summed E-state index contributed by atoms with van der Waals surface area (Å²) in [6, 6.07) is 12.9. The lowest BCUT2D eigenvalue weighted by Gasteiger charge is -2.28. The van der Waals surface area contributed by atoms with Crippen molar-refractivity contribution in [2.45, 2.75) is 0 Å². The number of carbonyl (C=O) groups is 3. The molecule has 0 aromatic heterocycles. The Hall–Kier alpha value is -2.75. The van der Waals surface area contributed by atoms with Crippen molar-refractivity contribution >= 4 is 58.0 Å². The van der Waals surface area contributed by atoms with Crippen LogP contribution in [0.15, 0.2) is 53.5 Å². The van der Waals surface area contributed by atoms with Crippen LogP contribution in [-0.2, 0) is 9.59 Å². The molecule has 132 valence electrons. The first-order valence-corrected chi connectivity index (χ1v) is 8.70. The first-order chi connectivity index (χ1) is 12.5. The van der Waals surface area contributed by atoms with Gasteiger partial charge in [0.1, 0.15) is 5.75 Å². The smallest absolute Gasteiger partial charge is 0.335 e. The third kappa shape index (κ3) is 3.74. The van der Waals surface area contributed by atoms with Gasteiger partial charge in [-0.3, -0.25) is 19.9 Å². The molecular weight excluding hydrogens is 449 g/mol. The van der Waals surface area contributed by atoms with Crippen LogP contribution in [0.5, 0.6) is 5.75 Å². The van der Waals surface area contributed by atoms with Crippen LogP contribution in [0, 0.1) is 9.49 Å². The number of nitrogens with one attached hydrogen (secondary N) is 1. The number of carbonyl (C=O) groups excluding carboxylic acids is 3. The summed E-state index contributed by atoms with van der Waals surface area (Å²) in [6.07, 6.45) is 1.26. The van der Waals surface area contributed by atoms with Crippen molar-refractivity contribution < 1.29 is 19.1 Å². The zero-order valence-corrected chi connectivity index (χ0v) is 15.8. The van der Waals surface area contributed by atoms with E-state index in [1.54, 1.807) is 30.3 Å². The topological polar surface area (TPSA) is 88.1 Å². The molecule has 1 aliphatic heterocycles. The third-order valence-electron chi connectivity index (χ3n) is 3.71. The summed E-state index contributed by atoms with van der Waals surface area (Å²) in [6.45, 7) is 0. The molecule has 1 fully saturated rings. The van der Waals surface area contributed by atoms with E-state index in [-0.39, 0.29) is 0 Å². The van der Waals surface area contributed by atoms with E-state index in [1.807, 2.05) is 18.2 Å². The number of hydrogen-bond donors (Lipinski definition) is 1. The molecule has 4 amide bonds. The Morgan fingerprint density at radius 3 is 2.54 bits per heavy atom. The highest BCUT2D eigenvalue weighted by atomic mass is 127. The minimum Gasteiger partial charge on any atom is -0.497 e. The van der Waals surface area contributed by atoms with E-state index in [0.717, 1.165) is 8.47 Å². The Labute approximate surface area is 163 Å². The maximum Gasteiger partial charge on any atom is 0.335 e. The van der Waals surface area contributed by atoms with Gasteiger partial charge in [0.25, 0.3) is 5.91 Å². The number of aliphatic imine (C=N–C) groups is 1. The Bertz CT molecular complexity index is 896. The number of urea groups is 1. The number of anilines is 1. The first kappa shape index (κ1) is 18.1. The maximum absolute atomic E-state index is 12.7. The lowest BCUT2D eigenvalue weighted by Crippen LogP contribution is -2.58. The molecule has 1 aliphatic rings. The average molecular weight is 463 g/mol. The zero-order chi connectivity index (χ0) is 18.7. The van der Waals surface area contributed by atoms with Gasteiger partial charge < -0.3 is 4.74 Å². The first-order valence-electron chi connectivity index (χ1n) is 7.62. The summed E-state index contributed by atoms with van der Waals surface area (Å²) >= 11 is 2.14. The molecule has 26 heavy (non-hydrogen) atoms. The van der Waals surface area contributed by atoms with Crippen LogP contribution < -0.4 is 15.0 Å². The van der Waals surface area contributed by atoms with E-state index in [4.69, 9.17) is 4.74 Å². The summed E-state index contributed by atoms with van der Waals surface area (Å²) in [5.41, 5.74) is 0.957. The zero-order valence-electron chi connectivity index (χ0n) is 13.7. The fourth-order valence-electron chi connectivity index (χ4n) is 2.41.